The number of hydrogen-bond acceptors (Lipinski definition) is 0. The molecule has 92 valence electrons. The van der Waals surface area contributed by atoms with Crippen molar-refractivity contribution in [3.05, 3.63) is 73.3 Å². The number of allylic oxidation sites excluding steroid dienone is 1. The Hall–Kier alpha value is -1.60. The van der Waals surface area contributed by atoms with Crippen LogP contribution in [0, 0.1) is 0 Å². The minimum Gasteiger partial charge on any atom is -0.103 e. The van der Waals surface area contributed by atoms with E-state index >= 15 is 0 Å². The average molecular weight is 252 g/mol. The van der Waals surface area contributed by atoms with Crippen LogP contribution in [0.2, 0.25) is 6.04 Å². The van der Waals surface area contributed by atoms with Crippen LogP contribution in [-0.4, -0.2) is 8.80 Å². The molecule has 0 aliphatic carbocycles. The van der Waals surface area contributed by atoms with Crippen molar-refractivity contribution in [1.82, 2.24) is 0 Å². The second kappa shape index (κ2) is 6.97. The smallest absolute Gasteiger partial charge is 0.103 e. The van der Waals surface area contributed by atoms with Gasteiger partial charge in [-0.2, -0.15) is 0 Å². The molecule has 0 spiro atoms. The maximum atomic E-state index is 3.82. The zero-order valence-electron chi connectivity index (χ0n) is 10.8. The molecule has 0 unspecified atom stereocenters. The number of unbranched alkanes of at least 4 members (excludes halogenated alkanes) is 1. The third kappa shape index (κ3) is 3.44. The molecule has 0 heterocycles. The third-order valence-electron chi connectivity index (χ3n) is 3.30. The SMILES string of the molecule is C=CCCC[SiH](c1ccccc1)c1ccccc1. The van der Waals surface area contributed by atoms with Crippen LogP contribution in [0.15, 0.2) is 73.3 Å². The summed E-state index contributed by atoms with van der Waals surface area (Å²) in [6.07, 6.45) is 4.41. The van der Waals surface area contributed by atoms with E-state index in [0.29, 0.717) is 0 Å². The van der Waals surface area contributed by atoms with E-state index in [1.54, 1.807) is 10.4 Å². The second-order valence-electron chi connectivity index (χ2n) is 4.59. The summed E-state index contributed by atoms with van der Waals surface area (Å²) >= 11 is 0. The minimum atomic E-state index is -1.03. The molecule has 1 heteroatoms. The van der Waals surface area contributed by atoms with Gasteiger partial charge >= 0.3 is 0 Å². The first-order chi connectivity index (χ1) is 8.92. The summed E-state index contributed by atoms with van der Waals surface area (Å²) in [5.74, 6) is 0. The lowest BCUT2D eigenvalue weighted by molar-refractivity contribution is 0.950. The quantitative estimate of drug-likeness (QED) is 0.421. The van der Waals surface area contributed by atoms with Crippen molar-refractivity contribution in [2.45, 2.75) is 18.9 Å². The van der Waals surface area contributed by atoms with Crippen molar-refractivity contribution in [2.24, 2.45) is 0 Å². The van der Waals surface area contributed by atoms with Crippen LogP contribution >= 0.6 is 0 Å². The third-order valence-corrected chi connectivity index (χ3v) is 6.67. The van der Waals surface area contributed by atoms with E-state index < -0.39 is 8.80 Å². The molecule has 0 nitrogen and oxygen atoms in total. The average Bonchev–Trinajstić information content (AvgIpc) is 2.46. The first kappa shape index (κ1) is 12.8. The molecular weight excluding hydrogens is 232 g/mol. The molecule has 0 aromatic heterocycles. The first-order valence-electron chi connectivity index (χ1n) is 6.62. The lowest BCUT2D eigenvalue weighted by Crippen LogP contribution is -2.41. The highest BCUT2D eigenvalue weighted by Crippen LogP contribution is 2.04. The molecule has 0 amide bonds. The monoisotopic (exact) mass is 252 g/mol. The fourth-order valence-corrected chi connectivity index (χ4v) is 5.43. The van der Waals surface area contributed by atoms with Crippen molar-refractivity contribution in [3.8, 4) is 0 Å². The van der Waals surface area contributed by atoms with Crippen LogP contribution in [-0.2, 0) is 0 Å². The first-order valence-corrected chi connectivity index (χ1v) is 8.59. The molecule has 0 bridgehead atoms. The van der Waals surface area contributed by atoms with Gasteiger partial charge in [-0.1, -0.05) is 89.6 Å². The van der Waals surface area contributed by atoms with Gasteiger partial charge in [-0.15, -0.1) is 6.58 Å². The largest absolute Gasteiger partial charge is 0.103 e. The van der Waals surface area contributed by atoms with Gasteiger partial charge in [0.2, 0.25) is 0 Å². The Morgan fingerprint density at radius 1 is 0.833 bits per heavy atom. The fraction of sp³-hybridized carbons (Fsp3) is 0.176. The second-order valence-corrected chi connectivity index (χ2v) is 7.61. The maximum absolute atomic E-state index is 3.82. The van der Waals surface area contributed by atoms with Gasteiger partial charge in [0.05, 0.1) is 0 Å². The van der Waals surface area contributed by atoms with Gasteiger partial charge in [0.1, 0.15) is 8.80 Å². The van der Waals surface area contributed by atoms with Gasteiger partial charge < -0.3 is 0 Å². The highest BCUT2D eigenvalue weighted by atomic mass is 28.3. The molecule has 0 N–H and O–H groups in total. The summed E-state index contributed by atoms with van der Waals surface area (Å²) in [6, 6.07) is 23.3. The van der Waals surface area contributed by atoms with Crippen LogP contribution < -0.4 is 10.4 Å². The van der Waals surface area contributed by atoms with Crippen molar-refractivity contribution >= 4 is 19.2 Å². The predicted molar refractivity (Wildman–Crippen MR) is 83.5 cm³/mol. The molecule has 18 heavy (non-hydrogen) atoms. The van der Waals surface area contributed by atoms with Crippen LogP contribution in [0.5, 0.6) is 0 Å². The molecular formula is C17H20Si. The number of benzene rings is 2. The summed E-state index contributed by atoms with van der Waals surface area (Å²) in [4.78, 5) is 0. The maximum Gasteiger partial charge on any atom is 0.103 e. The van der Waals surface area contributed by atoms with E-state index in [4.69, 9.17) is 0 Å². The van der Waals surface area contributed by atoms with E-state index in [2.05, 4.69) is 67.2 Å². The Morgan fingerprint density at radius 3 is 1.78 bits per heavy atom. The minimum absolute atomic E-state index is 1.03. The van der Waals surface area contributed by atoms with E-state index in [0.717, 1.165) is 6.42 Å². The van der Waals surface area contributed by atoms with Gasteiger partial charge in [0, 0.05) is 0 Å². The fourth-order valence-electron chi connectivity index (χ4n) is 2.36. The van der Waals surface area contributed by atoms with Crippen LogP contribution in [0.3, 0.4) is 0 Å². The summed E-state index contributed by atoms with van der Waals surface area (Å²) < 4.78 is 0. The van der Waals surface area contributed by atoms with Crippen molar-refractivity contribution < 1.29 is 0 Å². The van der Waals surface area contributed by atoms with E-state index in [1.807, 2.05) is 6.08 Å². The molecule has 0 aliphatic heterocycles. The predicted octanol–water partition coefficient (Wildman–Crippen LogP) is 2.99. The molecule has 0 saturated heterocycles. The molecule has 0 fully saturated rings. The van der Waals surface area contributed by atoms with Gasteiger partial charge in [0.25, 0.3) is 0 Å². The molecule has 0 radical (unpaired) electrons. The summed E-state index contributed by atoms with van der Waals surface area (Å²) in [6.45, 7) is 3.82. The van der Waals surface area contributed by atoms with Crippen molar-refractivity contribution in [1.29, 1.82) is 0 Å². The highest BCUT2D eigenvalue weighted by molar-refractivity contribution is 6.85. The number of rotatable bonds is 6. The normalized spacial score (nSPS) is 10.5. The summed E-state index contributed by atoms with van der Waals surface area (Å²) in [7, 11) is -1.03. The Bertz CT molecular complexity index is 422. The lowest BCUT2D eigenvalue weighted by Gasteiger charge is -2.16. The Kier molecular flexibility index (Phi) is 4.97. The Balaban J connectivity index is 2.21. The van der Waals surface area contributed by atoms with E-state index in [1.165, 1.54) is 12.5 Å². The van der Waals surface area contributed by atoms with Crippen molar-refractivity contribution in [2.75, 3.05) is 0 Å². The Labute approximate surface area is 112 Å². The van der Waals surface area contributed by atoms with Crippen LogP contribution in [0.1, 0.15) is 12.8 Å². The van der Waals surface area contributed by atoms with Gasteiger partial charge in [-0.3, -0.25) is 0 Å². The number of hydrogen-bond donors (Lipinski definition) is 0. The molecule has 2 aromatic rings. The van der Waals surface area contributed by atoms with Gasteiger partial charge in [0.15, 0.2) is 0 Å². The van der Waals surface area contributed by atoms with Gasteiger partial charge in [-0.25, -0.2) is 0 Å². The zero-order chi connectivity index (χ0) is 12.6. The molecule has 2 aromatic carbocycles. The lowest BCUT2D eigenvalue weighted by atomic mass is 10.3. The molecule has 2 rings (SSSR count). The molecule has 0 aliphatic rings. The van der Waals surface area contributed by atoms with Crippen LogP contribution in [0.25, 0.3) is 0 Å². The van der Waals surface area contributed by atoms with Crippen LogP contribution in [0.4, 0.5) is 0 Å². The van der Waals surface area contributed by atoms with Crippen molar-refractivity contribution in [3.63, 3.8) is 0 Å². The summed E-state index contributed by atoms with van der Waals surface area (Å²) in [5.41, 5.74) is 0. The Morgan fingerprint density at radius 2 is 1.33 bits per heavy atom. The van der Waals surface area contributed by atoms with Gasteiger partial charge in [-0.05, 0) is 6.42 Å². The van der Waals surface area contributed by atoms with E-state index in [9.17, 15) is 0 Å². The zero-order valence-corrected chi connectivity index (χ0v) is 11.9. The molecule has 0 saturated carbocycles. The molecule has 0 atom stereocenters. The van der Waals surface area contributed by atoms with E-state index in [-0.39, 0.29) is 0 Å². The topological polar surface area (TPSA) is 0 Å². The highest BCUT2D eigenvalue weighted by Gasteiger charge is 2.14. The summed E-state index contributed by atoms with van der Waals surface area (Å²) in [5, 5.41) is 3.10. The standard InChI is InChI=1S/C17H20Si/c1-2-3-10-15-18(16-11-6-4-7-12-16)17-13-8-5-9-14-17/h2,4-9,11-14,18H,1,3,10,15H2.